The van der Waals surface area contributed by atoms with Crippen LogP contribution in [0.25, 0.3) is 0 Å². The van der Waals surface area contributed by atoms with Crippen molar-refractivity contribution in [2.45, 2.75) is 31.5 Å². The molecule has 2 rings (SSSR count). The Morgan fingerprint density at radius 2 is 2.14 bits per heavy atom. The number of aliphatic hydroxyl groups is 2. The first kappa shape index (κ1) is 15.8. The first-order valence-electron chi connectivity index (χ1n) is 7.34. The van der Waals surface area contributed by atoms with E-state index in [1.54, 1.807) is 0 Å². The summed E-state index contributed by atoms with van der Waals surface area (Å²) in [6.45, 7) is 2.28. The second-order valence-corrected chi connectivity index (χ2v) is 5.50. The zero-order valence-corrected chi connectivity index (χ0v) is 12.1. The number of hydrogen-bond donors (Lipinski definition) is 2. The lowest BCUT2D eigenvalue weighted by atomic mass is 10.1. The molecule has 2 N–H and O–H groups in total. The lowest BCUT2D eigenvalue weighted by molar-refractivity contribution is 0.0243. The minimum Gasteiger partial charge on any atom is -0.491 e. The fraction of sp³-hybridized carbons (Fsp3) is 0.562. The number of piperidine rings is 1. The van der Waals surface area contributed by atoms with Crippen LogP contribution in [0.4, 0.5) is 0 Å². The average Bonchev–Trinajstić information content (AvgIpc) is 2.47. The molecule has 0 bridgehead atoms. The van der Waals surface area contributed by atoms with Gasteiger partial charge in [0.05, 0.1) is 18.6 Å². The van der Waals surface area contributed by atoms with E-state index in [9.17, 15) is 10.2 Å². The van der Waals surface area contributed by atoms with Crippen LogP contribution in [-0.4, -0.2) is 53.6 Å². The summed E-state index contributed by atoms with van der Waals surface area (Å²) in [5.41, 5.74) is 0.952. The number of aliphatic hydroxyl groups excluding tert-OH is 2. The second-order valence-electron chi connectivity index (χ2n) is 5.50. The summed E-state index contributed by atoms with van der Waals surface area (Å²) in [5.74, 6) is 0.689. The maximum Gasteiger partial charge on any atom is 0.119 e. The molecule has 0 saturated carbocycles. The number of ether oxygens (including phenoxy) is 1. The van der Waals surface area contributed by atoms with Crippen LogP contribution in [0, 0.1) is 11.3 Å². The molecular formula is C16H22N2O3. The highest BCUT2D eigenvalue weighted by atomic mass is 16.5. The molecular weight excluding hydrogens is 268 g/mol. The van der Waals surface area contributed by atoms with Gasteiger partial charge < -0.3 is 14.9 Å². The molecule has 1 heterocycles. The third-order valence-electron chi connectivity index (χ3n) is 3.60. The highest BCUT2D eigenvalue weighted by molar-refractivity contribution is 5.28. The highest BCUT2D eigenvalue weighted by Gasteiger charge is 2.20. The van der Waals surface area contributed by atoms with E-state index >= 15 is 0 Å². The van der Waals surface area contributed by atoms with Gasteiger partial charge in [0.25, 0.3) is 0 Å². The van der Waals surface area contributed by atoms with Crippen molar-refractivity contribution >= 4 is 0 Å². The number of rotatable bonds is 6. The molecule has 1 aliphatic heterocycles. The molecule has 1 saturated heterocycles. The van der Waals surface area contributed by atoms with Gasteiger partial charge in [-0.3, -0.25) is 4.90 Å². The standard InChI is InChI=1S/C16H22N2O3/c17-8-7-13-3-5-16(6-4-13)21-12-15(20)11-18-9-1-2-14(19)10-18/h3-6,14-15,19-20H,1-2,7,9-12H2/t14-,15-/m1/s1. The van der Waals surface area contributed by atoms with Gasteiger partial charge in [0.1, 0.15) is 18.5 Å². The van der Waals surface area contributed by atoms with Gasteiger partial charge in [0, 0.05) is 13.1 Å². The van der Waals surface area contributed by atoms with Crippen LogP contribution in [0.3, 0.4) is 0 Å². The van der Waals surface area contributed by atoms with Gasteiger partial charge in [-0.25, -0.2) is 0 Å². The molecule has 5 heteroatoms. The number of nitrogens with zero attached hydrogens (tertiary/aromatic N) is 2. The second kappa shape index (κ2) is 7.99. The van der Waals surface area contributed by atoms with E-state index in [0.29, 0.717) is 25.3 Å². The predicted molar refractivity (Wildman–Crippen MR) is 78.9 cm³/mol. The summed E-state index contributed by atoms with van der Waals surface area (Å²) in [6, 6.07) is 9.42. The van der Waals surface area contributed by atoms with Gasteiger partial charge in [-0.05, 0) is 37.1 Å². The molecule has 1 aromatic carbocycles. The van der Waals surface area contributed by atoms with E-state index in [2.05, 4.69) is 11.0 Å². The number of likely N-dealkylation sites (tertiary alicyclic amines) is 1. The summed E-state index contributed by atoms with van der Waals surface area (Å²) in [4.78, 5) is 2.07. The Morgan fingerprint density at radius 1 is 1.38 bits per heavy atom. The normalized spacial score (nSPS) is 20.7. The van der Waals surface area contributed by atoms with Crippen LogP contribution in [0.5, 0.6) is 5.75 Å². The first-order valence-corrected chi connectivity index (χ1v) is 7.34. The van der Waals surface area contributed by atoms with Crippen molar-refractivity contribution in [3.05, 3.63) is 29.8 Å². The van der Waals surface area contributed by atoms with Crippen molar-refractivity contribution in [3.63, 3.8) is 0 Å². The lowest BCUT2D eigenvalue weighted by Crippen LogP contribution is -2.43. The summed E-state index contributed by atoms with van der Waals surface area (Å²) in [6.07, 6.45) is 1.35. The molecule has 5 nitrogen and oxygen atoms in total. The fourth-order valence-electron chi connectivity index (χ4n) is 2.53. The smallest absolute Gasteiger partial charge is 0.119 e. The van der Waals surface area contributed by atoms with Crippen molar-refractivity contribution in [3.8, 4) is 11.8 Å². The van der Waals surface area contributed by atoms with Crippen LogP contribution < -0.4 is 4.74 Å². The molecule has 21 heavy (non-hydrogen) atoms. The zero-order chi connectivity index (χ0) is 15.1. The number of nitriles is 1. The number of benzene rings is 1. The van der Waals surface area contributed by atoms with Crippen molar-refractivity contribution in [1.82, 2.24) is 4.90 Å². The van der Waals surface area contributed by atoms with E-state index in [1.165, 1.54) is 0 Å². The van der Waals surface area contributed by atoms with E-state index in [0.717, 1.165) is 24.9 Å². The maximum atomic E-state index is 10.00. The van der Waals surface area contributed by atoms with Gasteiger partial charge in [-0.2, -0.15) is 5.26 Å². The number of β-amino-alcohol motifs (C(OH)–C–C–N with tert-alkyl or cyclic N) is 2. The molecule has 0 unspecified atom stereocenters. The Balaban J connectivity index is 1.73. The van der Waals surface area contributed by atoms with E-state index in [-0.39, 0.29) is 12.7 Å². The van der Waals surface area contributed by atoms with Gasteiger partial charge >= 0.3 is 0 Å². The molecule has 1 aliphatic rings. The topological polar surface area (TPSA) is 76.7 Å². The molecule has 0 aliphatic carbocycles. The summed E-state index contributed by atoms with van der Waals surface area (Å²) >= 11 is 0. The lowest BCUT2D eigenvalue weighted by Gasteiger charge is -2.31. The van der Waals surface area contributed by atoms with Gasteiger partial charge in [-0.15, -0.1) is 0 Å². The van der Waals surface area contributed by atoms with E-state index < -0.39 is 6.10 Å². The van der Waals surface area contributed by atoms with Crippen LogP contribution >= 0.6 is 0 Å². The van der Waals surface area contributed by atoms with Crippen LogP contribution in [0.1, 0.15) is 18.4 Å². The zero-order valence-electron chi connectivity index (χ0n) is 12.1. The Bertz CT molecular complexity index is 469. The molecule has 0 amide bonds. The molecule has 2 atom stereocenters. The fourth-order valence-corrected chi connectivity index (χ4v) is 2.53. The summed E-state index contributed by atoms with van der Waals surface area (Å²) in [5, 5.41) is 28.2. The molecule has 114 valence electrons. The molecule has 0 radical (unpaired) electrons. The minimum absolute atomic E-state index is 0.226. The van der Waals surface area contributed by atoms with Crippen LogP contribution in [0.2, 0.25) is 0 Å². The quantitative estimate of drug-likeness (QED) is 0.815. The summed E-state index contributed by atoms with van der Waals surface area (Å²) in [7, 11) is 0. The highest BCUT2D eigenvalue weighted by Crippen LogP contribution is 2.14. The third-order valence-corrected chi connectivity index (χ3v) is 3.60. The van der Waals surface area contributed by atoms with Crippen LogP contribution in [0.15, 0.2) is 24.3 Å². The Kier molecular flexibility index (Phi) is 6.00. The molecule has 0 aromatic heterocycles. The third kappa shape index (κ3) is 5.35. The van der Waals surface area contributed by atoms with Crippen molar-refractivity contribution < 1.29 is 14.9 Å². The van der Waals surface area contributed by atoms with E-state index in [4.69, 9.17) is 10.00 Å². The maximum absolute atomic E-state index is 10.00. The Morgan fingerprint density at radius 3 is 2.81 bits per heavy atom. The predicted octanol–water partition coefficient (Wildman–Crippen LogP) is 0.949. The Hall–Kier alpha value is -1.61. The Labute approximate surface area is 125 Å². The summed E-state index contributed by atoms with van der Waals surface area (Å²) < 4.78 is 5.55. The largest absolute Gasteiger partial charge is 0.491 e. The van der Waals surface area contributed by atoms with Crippen LogP contribution in [-0.2, 0) is 6.42 Å². The van der Waals surface area contributed by atoms with Gasteiger partial charge in [0.2, 0.25) is 0 Å². The van der Waals surface area contributed by atoms with Gasteiger partial charge in [-0.1, -0.05) is 12.1 Å². The molecule has 0 spiro atoms. The molecule has 1 aromatic rings. The molecule has 1 fully saturated rings. The number of hydrogen-bond acceptors (Lipinski definition) is 5. The van der Waals surface area contributed by atoms with Crippen molar-refractivity contribution in [1.29, 1.82) is 5.26 Å². The average molecular weight is 290 g/mol. The SMILES string of the molecule is N#CCc1ccc(OC[C@H](O)CN2CCC[C@@H](O)C2)cc1. The monoisotopic (exact) mass is 290 g/mol. The van der Waals surface area contributed by atoms with Crippen molar-refractivity contribution in [2.24, 2.45) is 0 Å². The van der Waals surface area contributed by atoms with Crippen molar-refractivity contribution in [2.75, 3.05) is 26.2 Å². The van der Waals surface area contributed by atoms with Gasteiger partial charge in [0.15, 0.2) is 0 Å². The first-order chi connectivity index (χ1) is 10.2. The van der Waals surface area contributed by atoms with E-state index in [1.807, 2.05) is 24.3 Å². The minimum atomic E-state index is -0.575.